The van der Waals surface area contributed by atoms with E-state index in [0.717, 1.165) is 10.2 Å². The van der Waals surface area contributed by atoms with Gasteiger partial charge in [0.15, 0.2) is 6.92 Å². The van der Waals surface area contributed by atoms with Crippen molar-refractivity contribution in [2.24, 2.45) is 0 Å². The highest BCUT2D eigenvalue weighted by Crippen LogP contribution is 2.06. The quantitative estimate of drug-likeness (QED) is 0.775. The van der Waals surface area contributed by atoms with Crippen molar-refractivity contribution in [1.29, 1.82) is 0 Å². The number of rotatable bonds is 2. The molecule has 0 spiro atoms. The first kappa shape index (κ1) is 9.06. The zero-order valence-corrected chi connectivity index (χ0v) is 7.97. The Morgan fingerprint density at radius 3 is 2.92 bits per heavy atom. The Kier molecular flexibility index (Phi) is 3.10. The topological polar surface area (TPSA) is 42.0 Å². The van der Waals surface area contributed by atoms with Crippen molar-refractivity contribution in [2.45, 2.75) is 6.54 Å². The molecule has 0 saturated heterocycles. The molecule has 4 heteroatoms. The molecule has 1 aromatic heterocycles. The van der Waals surface area contributed by atoms with E-state index in [-0.39, 0.29) is 5.91 Å². The van der Waals surface area contributed by atoms with E-state index in [2.05, 4.69) is 33.2 Å². The van der Waals surface area contributed by atoms with Crippen LogP contribution in [-0.4, -0.2) is 10.9 Å². The standard InChI is InChI=1S/C8H7BrN2O/c1-6(12)10-5-8-3-2-7(9)4-11-8/h2-4H,1,5H2/p+1. The van der Waals surface area contributed by atoms with E-state index in [4.69, 9.17) is 0 Å². The molecule has 3 nitrogen and oxygen atoms in total. The molecular formula is C8H8BrN2O+. The van der Waals surface area contributed by atoms with Crippen LogP contribution in [0.5, 0.6) is 0 Å². The van der Waals surface area contributed by atoms with Crippen LogP contribution in [0.1, 0.15) is 5.69 Å². The minimum atomic E-state index is -0.292. The van der Waals surface area contributed by atoms with Gasteiger partial charge in [0.1, 0.15) is 0 Å². The van der Waals surface area contributed by atoms with Crippen molar-refractivity contribution in [1.82, 2.24) is 10.3 Å². The molecule has 0 aromatic carbocycles. The minimum absolute atomic E-state index is 0.292. The molecular weight excluding hydrogens is 220 g/mol. The summed E-state index contributed by atoms with van der Waals surface area (Å²) in [6, 6.07) is 3.71. The zero-order valence-electron chi connectivity index (χ0n) is 6.38. The molecule has 1 N–H and O–H groups in total. The molecule has 0 aliphatic carbocycles. The fourth-order valence-electron chi connectivity index (χ4n) is 0.700. The summed E-state index contributed by atoms with van der Waals surface area (Å²) in [5.74, 6) is -0.292. The second-order valence-electron chi connectivity index (χ2n) is 2.24. The minimum Gasteiger partial charge on any atom is -0.311 e. The average Bonchev–Trinajstić information content (AvgIpc) is 2.03. The van der Waals surface area contributed by atoms with Crippen molar-refractivity contribution in [3.8, 4) is 0 Å². The molecule has 0 atom stereocenters. The molecule has 0 fully saturated rings. The van der Waals surface area contributed by atoms with Crippen molar-refractivity contribution in [3.05, 3.63) is 35.4 Å². The molecule has 0 aliphatic heterocycles. The SMILES string of the molecule is [CH2+]C(=O)NCc1ccc(Br)cn1. The van der Waals surface area contributed by atoms with Gasteiger partial charge in [-0.1, -0.05) is 0 Å². The van der Waals surface area contributed by atoms with Crippen LogP contribution >= 0.6 is 15.9 Å². The van der Waals surface area contributed by atoms with Crippen molar-refractivity contribution in [3.63, 3.8) is 0 Å². The second kappa shape index (κ2) is 4.11. The number of carbonyl (C=O) groups excluding carboxylic acids is 1. The highest BCUT2D eigenvalue weighted by Gasteiger charge is 1.99. The summed E-state index contributed by atoms with van der Waals surface area (Å²) in [4.78, 5) is 14.5. The highest BCUT2D eigenvalue weighted by molar-refractivity contribution is 9.10. The molecule has 0 aliphatic rings. The molecule has 0 radical (unpaired) electrons. The van der Waals surface area contributed by atoms with Gasteiger partial charge in [-0.3, -0.25) is 4.98 Å². The largest absolute Gasteiger partial charge is 0.399 e. The Balaban J connectivity index is 2.53. The Hall–Kier alpha value is -1.03. The number of hydrogen-bond donors (Lipinski definition) is 1. The lowest BCUT2D eigenvalue weighted by molar-refractivity contribution is -0.116. The van der Waals surface area contributed by atoms with Gasteiger partial charge in [0, 0.05) is 10.7 Å². The van der Waals surface area contributed by atoms with Gasteiger partial charge in [-0.2, -0.15) is 0 Å². The molecule has 12 heavy (non-hydrogen) atoms. The third kappa shape index (κ3) is 2.92. The van der Waals surface area contributed by atoms with E-state index in [9.17, 15) is 4.79 Å². The number of nitrogens with one attached hydrogen (secondary N) is 1. The number of amides is 1. The van der Waals surface area contributed by atoms with E-state index in [1.165, 1.54) is 0 Å². The van der Waals surface area contributed by atoms with Gasteiger partial charge >= 0.3 is 5.91 Å². The molecule has 0 bridgehead atoms. The Morgan fingerprint density at radius 2 is 2.42 bits per heavy atom. The van der Waals surface area contributed by atoms with Gasteiger partial charge in [-0.15, -0.1) is 0 Å². The Bertz CT molecular complexity index is 271. The van der Waals surface area contributed by atoms with Gasteiger partial charge in [-0.25, -0.2) is 4.79 Å². The fraction of sp³-hybridized carbons (Fsp3) is 0.125. The molecule has 1 aromatic rings. The van der Waals surface area contributed by atoms with Gasteiger partial charge in [-0.05, 0) is 28.1 Å². The zero-order chi connectivity index (χ0) is 8.97. The van der Waals surface area contributed by atoms with Crippen molar-refractivity contribution >= 4 is 21.8 Å². The number of halogens is 1. The number of pyridine rings is 1. The Morgan fingerprint density at radius 1 is 1.67 bits per heavy atom. The van der Waals surface area contributed by atoms with E-state index < -0.39 is 0 Å². The normalized spacial score (nSPS) is 9.42. The lowest BCUT2D eigenvalue weighted by Crippen LogP contribution is -2.19. The maximum atomic E-state index is 10.4. The summed E-state index contributed by atoms with van der Waals surface area (Å²) in [7, 11) is 0. The number of aromatic nitrogens is 1. The van der Waals surface area contributed by atoms with Crippen LogP contribution in [-0.2, 0) is 11.3 Å². The smallest absolute Gasteiger partial charge is 0.311 e. The maximum Gasteiger partial charge on any atom is 0.399 e. The summed E-state index contributed by atoms with van der Waals surface area (Å²) < 4.78 is 0.923. The second-order valence-corrected chi connectivity index (χ2v) is 3.16. The van der Waals surface area contributed by atoms with E-state index in [0.29, 0.717) is 6.54 Å². The average molecular weight is 228 g/mol. The third-order valence-electron chi connectivity index (χ3n) is 1.26. The van der Waals surface area contributed by atoms with E-state index >= 15 is 0 Å². The summed E-state index contributed by atoms with van der Waals surface area (Å²) in [5.41, 5.74) is 0.815. The van der Waals surface area contributed by atoms with E-state index in [1.807, 2.05) is 12.1 Å². The molecule has 1 rings (SSSR count). The van der Waals surface area contributed by atoms with Crippen LogP contribution in [0.25, 0.3) is 0 Å². The van der Waals surface area contributed by atoms with Crippen LogP contribution in [0.4, 0.5) is 0 Å². The molecule has 0 saturated carbocycles. The molecule has 1 heterocycles. The monoisotopic (exact) mass is 227 g/mol. The molecule has 1 amide bonds. The van der Waals surface area contributed by atoms with Crippen LogP contribution in [0.15, 0.2) is 22.8 Å². The van der Waals surface area contributed by atoms with Crippen LogP contribution in [0.2, 0.25) is 0 Å². The lowest BCUT2D eigenvalue weighted by atomic mass is 10.3. The number of hydrogen-bond acceptors (Lipinski definition) is 2. The predicted molar refractivity (Wildman–Crippen MR) is 49.1 cm³/mol. The van der Waals surface area contributed by atoms with Gasteiger partial charge in [0.2, 0.25) is 0 Å². The Labute approximate surface area is 79.3 Å². The molecule has 0 unspecified atom stereocenters. The summed E-state index contributed by atoms with van der Waals surface area (Å²) in [6.07, 6.45) is 1.69. The highest BCUT2D eigenvalue weighted by atomic mass is 79.9. The number of carbonyl (C=O) groups is 1. The van der Waals surface area contributed by atoms with Gasteiger partial charge in [0.25, 0.3) is 0 Å². The van der Waals surface area contributed by atoms with Crippen LogP contribution in [0, 0.1) is 6.92 Å². The van der Waals surface area contributed by atoms with Crippen molar-refractivity contribution in [2.75, 3.05) is 0 Å². The van der Waals surface area contributed by atoms with Gasteiger partial charge in [0.05, 0.1) is 12.2 Å². The first-order chi connectivity index (χ1) is 5.68. The fourth-order valence-corrected chi connectivity index (χ4v) is 0.935. The summed E-state index contributed by atoms with van der Waals surface area (Å²) in [5, 5.41) is 2.55. The predicted octanol–water partition coefficient (Wildman–Crippen LogP) is 1.29. The molecule has 62 valence electrons. The maximum absolute atomic E-state index is 10.4. The summed E-state index contributed by atoms with van der Waals surface area (Å²) in [6.45, 7) is 3.61. The van der Waals surface area contributed by atoms with E-state index in [1.54, 1.807) is 6.20 Å². The summed E-state index contributed by atoms with van der Waals surface area (Å²) >= 11 is 3.26. The van der Waals surface area contributed by atoms with Crippen molar-refractivity contribution < 1.29 is 4.79 Å². The van der Waals surface area contributed by atoms with Crippen LogP contribution in [0.3, 0.4) is 0 Å². The number of nitrogens with zero attached hydrogens (tertiary/aromatic N) is 1. The lowest BCUT2D eigenvalue weighted by Gasteiger charge is -1.97. The first-order valence-electron chi connectivity index (χ1n) is 3.38. The first-order valence-corrected chi connectivity index (χ1v) is 4.18. The van der Waals surface area contributed by atoms with Crippen LogP contribution < -0.4 is 5.32 Å². The third-order valence-corrected chi connectivity index (χ3v) is 1.72. The van der Waals surface area contributed by atoms with Gasteiger partial charge < -0.3 is 5.32 Å².